The Morgan fingerprint density at radius 2 is 0.911 bits per heavy atom. The van der Waals surface area contributed by atoms with Gasteiger partial charge in [0.2, 0.25) is 5.95 Å². The van der Waals surface area contributed by atoms with Gasteiger partial charge < -0.3 is 4.42 Å². The van der Waals surface area contributed by atoms with Gasteiger partial charge in [-0.15, -0.1) is 0 Å². The lowest BCUT2D eigenvalue weighted by molar-refractivity contribution is 0.667. The lowest BCUT2D eigenvalue weighted by atomic mass is 10.0. The molecule has 0 saturated carbocycles. The predicted molar refractivity (Wildman–Crippen MR) is 226 cm³/mol. The van der Waals surface area contributed by atoms with Gasteiger partial charge >= 0.3 is 0 Å². The maximum absolute atomic E-state index is 6.54. The molecule has 262 valence electrons. The van der Waals surface area contributed by atoms with Crippen molar-refractivity contribution >= 4 is 43.9 Å². The van der Waals surface area contributed by atoms with Crippen molar-refractivity contribution in [3.05, 3.63) is 188 Å². The van der Waals surface area contributed by atoms with Crippen LogP contribution in [0.1, 0.15) is 0 Å². The molecule has 0 bridgehead atoms. The van der Waals surface area contributed by atoms with Gasteiger partial charge in [0, 0.05) is 38.4 Å². The molecule has 0 atom stereocenters. The first-order valence-electron chi connectivity index (χ1n) is 18.6. The van der Waals surface area contributed by atoms with Crippen molar-refractivity contribution < 1.29 is 4.42 Å². The summed E-state index contributed by atoms with van der Waals surface area (Å²) in [6.45, 7) is 0. The largest absolute Gasteiger partial charge is 0.452 e. The Bertz CT molecular complexity index is 3170. The second-order valence-corrected chi connectivity index (χ2v) is 13.9. The van der Waals surface area contributed by atoms with Crippen molar-refractivity contribution in [2.24, 2.45) is 0 Å². The highest BCUT2D eigenvalue weighted by atomic mass is 16.3. The minimum Gasteiger partial charge on any atom is -0.452 e. The Balaban J connectivity index is 1.09. The molecule has 0 aliphatic carbocycles. The number of para-hydroxylation sites is 1. The van der Waals surface area contributed by atoms with Crippen LogP contribution in [0.5, 0.6) is 0 Å². The van der Waals surface area contributed by atoms with E-state index in [2.05, 4.69) is 102 Å². The molecule has 0 aliphatic rings. The molecule has 4 heterocycles. The number of furan rings is 1. The molecular formula is C50H31N5O. The third-order valence-corrected chi connectivity index (χ3v) is 10.5. The molecule has 6 nitrogen and oxygen atoms in total. The van der Waals surface area contributed by atoms with Crippen LogP contribution < -0.4 is 0 Å². The molecular weight excluding hydrogens is 687 g/mol. The van der Waals surface area contributed by atoms with Crippen LogP contribution in [-0.2, 0) is 0 Å². The summed E-state index contributed by atoms with van der Waals surface area (Å²) < 4.78 is 8.73. The number of rotatable bonds is 6. The Morgan fingerprint density at radius 3 is 1.57 bits per heavy atom. The molecule has 4 aromatic heterocycles. The first-order chi connectivity index (χ1) is 27.7. The summed E-state index contributed by atoms with van der Waals surface area (Å²) in [5, 5.41) is 3.18. The minimum absolute atomic E-state index is 0.624. The number of nitrogens with zero attached hydrogens (tertiary/aromatic N) is 5. The van der Waals surface area contributed by atoms with E-state index in [1.807, 2.05) is 91.0 Å². The van der Waals surface area contributed by atoms with E-state index in [1.54, 1.807) is 0 Å². The molecule has 0 radical (unpaired) electrons. The van der Waals surface area contributed by atoms with Gasteiger partial charge in [-0.25, -0.2) is 19.9 Å². The standard InChI is InChI=1S/C50H31N5O/c1-5-15-32(16-6-1)41-31-42(33-17-7-2-8-18-33)52-50(51-41)55-43-24-14-13-23-38(43)39-29-36(25-27-44(39)55)37-26-28-45-40(30-37)47-48(56-45)46(34-19-9-3-10-20-34)53-49(54-47)35-21-11-4-12-22-35/h1-31H. The van der Waals surface area contributed by atoms with Crippen LogP contribution in [0.15, 0.2) is 192 Å². The van der Waals surface area contributed by atoms with Crippen LogP contribution in [0.4, 0.5) is 0 Å². The van der Waals surface area contributed by atoms with Crippen LogP contribution in [0.2, 0.25) is 0 Å². The third-order valence-electron chi connectivity index (χ3n) is 10.5. The number of hydrogen-bond donors (Lipinski definition) is 0. The van der Waals surface area contributed by atoms with E-state index >= 15 is 0 Å². The van der Waals surface area contributed by atoms with Crippen molar-refractivity contribution in [3.8, 4) is 62.2 Å². The summed E-state index contributed by atoms with van der Waals surface area (Å²) in [6, 6.07) is 64.5. The Kier molecular flexibility index (Phi) is 7.38. The quantitative estimate of drug-likeness (QED) is 0.171. The molecule has 0 amide bonds. The molecule has 7 aromatic carbocycles. The second-order valence-electron chi connectivity index (χ2n) is 13.9. The topological polar surface area (TPSA) is 69.6 Å². The zero-order chi connectivity index (χ0) is 37.0. The number of aromatic nitrogens is 5. The molecule has 0 spiro atoms. The summed E-state index contributed by atoms with van der Waals surface area (Å²) in [4.78, 5) is 20.5. The van der Waals surface area contributed by atoms with E-state index in [9.17, 15) is 0 Å². The van der Waals surface area contributed by atoms with Crippen molar-refractivity contribution in [2.75, 3.05) is 0 Å². The highest BCUT2D eigenvalue weighted by Crippen LogP contribution is 2.39. The molecule has 0 saturated heterocycles. The number of fused-ring (bicyclic) bond motifs is 6. The normalized spacial score (nSPS) is 11.6. The van der Waals surface area contributed by atoms with Gasteiger partial charge in [-0.3, -0.25) is 4.57 Å². The third kappa shape index (κ3) is 5.35. The van der Waals surface area contributed by atoms with Crippen molar-refractivity contribution in [2.45, 2.75) is 0 Å². The summed E-state index contributed by atoms with van der Waals surface area (Å²) in [5.41, 5.74) is 13.0. The first kappa shape index (κ1) is 31.8. The summed E-state index contributed by atoms with van der Waals surface area (Å²) in [5.74, 6) is 1.28. The average Bonchev–Trinajstić information content (AvgIpc) is 3.82. The van der Waals surface area contributed by atoms with Crippen molar-refractivity contribution in [1.82, 2.24) is 24.5 Å². The van der Waals surface area contributed by atoms with E-state index in [-0.39, 0.29) is 0 Å². The maximum atomic E-state index is 6.54. The monoisotopic (exact) mass is 717 g/mol. The lowest BCUT2D eigenvalue weighted by Crippen LogP contribution is -2.03. The van der Waals surface area contributed by atoms with Gasteiger partial charge in [0.05, 0.1) is 22.4 Å². The van der Waals surface area contributed by atoms with Crippen LogP contribution in [0.3, 0.4) is 0 Å². The van der Waals surface area contributed by atoms with Crippen molar-refractivity contribution in [1.29, 1.82) is 0 Å². The van der Waals surface area contributed by atoms with E-state index < -0.39 is 0 Å². The predicted octanol–water partition coefficient (Wildman–Crippen LogP) is 12.6. The lowest BCUT2D eigenvalue weighted by Gasteiger charge is -2.12. The fraction of sp³-hybridized carbons (Fsp3) is 0. The van der Waals surface area contributed by atoms with Gasteiger partial charge in [0.25, 0.3) is 0 Å². The van der Waals surface area contributed by atoms with E-state index in [0.29, 0.717) is 17.4 Å². The van der Waals surface area contributed by atoms with Crippen LogP contribution in [0.25, 0.3) is 106 Å². The fourth-order valence-electron chi connectivity index (χ4n) is 7.75. The Labute approximate surface area is 322 Å². The molecule has 56 heavy (non-hydrogen) atoms. The molecule has 0 N–H and O–H groups in total. The van der Waals surface area contributed by atoms with E-state index in [4.69, 9.17) is 24.4 Å². The smallest absolute Gasteiger partial charge is 0.235 e. The van der Waals surface area contributed by atoms with Crippen LogP contribution >= 0.6 is 0 Å². The SMILES string of the molecule is c1ccc(-c2cc(-c3ccccc3)nc(-n3c4ccccc4c4cc(-c5ccc6oc7c(-c8ccccc8)nc(-c8ccccc8)nc7c6c5)ccc43)n2)cc1. The van der Waals surface area contributed by atoms with Gasteiger partial charge in [-0.1, -0.05) is 152 Å². The zero-order valence-corrected chi connectivity index (χ0v) is 30.0. The van der Waals surface area contributed by atoms with Crippen LogP contribution in [0, 0.1) is 0 Å². The van der Waals surface area contributed by atoms with Gasteiger partial charge in [0.1, 0.15) is 16.8 Å². The van der Waals surface area contributed by atoms with Gasteiger partial charge in [-0.05, 0) is 47.5 Å². The molecule has 0 unspecified atom stereocenters. The molecule has 0 fully saturated rings. The second kappa shape index (κ2) is 13.0. The minimum atomic E-state index is 0.624. The Hall–Kier alpha value is -7.70. The fourth-order valence-corrected chi connectivity index (χ4v) is 7.75. The summed E-state index contributed by atoms with van der Waals surface area (Å²) in [6.07, 6.45) is 0. The Morgan fingerprint density at radius 1 is 0.375 bits per heavy atom. The van der Waals surface area contributed by atoms with Gasteiger partial charge in [0.15, 0.2) is 11.4 Å². The number of benzene rings is 7. The average molecular weight is 718 g/mol. The van der Waals surface area contributed by atoms with Crippen molar-refractivity contribution in [3.63, 3.8) is 0 Å². The van der Waals surface area contributed by atoms with E-state index in [0.717, 1.165) is 88.8 Å². The zero-order valence-electron chi connectivity index (χ0n) is 30.0. The molecule has 11 rings (SSSR count). The maximum Gasteiger partial charge on any atom is 0.235 e. The summed E-state index contributed by atoms with van der Waals surface area (Å²) >= 11 is 0. The number of hydrogen-bond acceptors (Lipinski definition) is 5. The van der Waals surface area contributed by atoms with Gasteiger partial charge in [-0.2, -0.15) is 0 Å². The summed E-state index contributed by atoms with van der Waals surface area (Å²) in [7, 11) is 0. The van der Waals surface area contributed by atoms with Crippen LogP contribution in [-0.4, -0.2) is 24.5 Å². The highest BCUT2D eigenvalue weighted by molar-refractivity contribution is 6.11. The molecule has 0 aliphatic heterocycles. The molecule has 11 aromatic rings. The first-order valence-corrected chi connectivity index (χ1v) is 18.6. The molecule has 6 heteroatoms. The van der Waals surface area contributed by atoms with E-state index in [1.165, 1.54) is 0 Å². The highest BCUT2D eigenvalue weighted by Gasteiger charge is 2.20.